The Bertz CT molecular complexity index is 515. The van der Waals surface area contributed by atoms with Crippen LogP contribution >= 0.6 is 0 Å². The minimum atomic E-state index is -0.555. The minimum absolute atomic E-state index is 0.189. The fourth-order valence-electron chi connectivity index (χ4n) is 1.43. The van der Waals surface area contributed by atoms with Gasteiger partial charge in [0.25, 0.3) is 0 Å². The Hall–Kier alpha value is -1.75. The van der Waals surface area contributed by atoms with Crippen LogP contribution < -0.4 is 5.73 Å². The van der Waals surface area contributed by atoms with Gasteiger partial charge in [-0.25, -0.2) is 9.97 Å². The molecule has 0 radical (unpaired) electrons. The first-order valence-electron chi connectivity index (χ1n) is 4.69. The summed E-state index contributed by atoms with van der Waals surface area (Å²) >= 11 is 0. The molecule has 15 heavy (non-hydrogen) atoms. The molecule has 0 aliphatic carbocycles. The van der Waals surface area contributed by atoms with E-state index in [2.05, 4.69) is 9.97 Å². The smallest absolute Gasteiger partial charge is 0.201 e. The molecule has 78 valence electrons. The Labute approximate surface area is 87.0 Å². The zero-order valence-electron chi connectivity index (χ0n) is 8.64. The third-order valence-electron chi connectivity index (χ3n) is 2.14. The number of fused-ring (bicyclic) bond motifs is 1. The number of carbonyl (C=O) groups excluding carboxylic acids is 1. The van der Waals surface area contributed by atoms with Gasteiger partial charge in [0.15, 0.2) is 11.3 Å². The summed E-state index contributed by atoms with van der Waals surface area (Å²) in [5, 5.41) is 0. The maximum atomic E-state index is 11.7. The second-order valence-electron chi connectivity index (χ2n) is 3.54. The molecular weight excluding hydrogens is 192 g/mol. The lowest BCUT2D eigenvalue weighted by Gasteiger charge is -2.03. The Morgan fingerprint density at radius 2 is 2.33 bits per heavy atom. The summed E-state index contributed by atoms with van der Waals surface area (Å²) in [6.07, 6.45) is 5.17. The van der Waals surface area contributed by atoms with Crippen LogP contribution in [-0.4, -0.2) is 26.2 Å². The number of hydrogen-bond acceptors (Lipinski definition) is 4. The van der Waals surface area contributed by atoms with Crippen molar-refractivity contribution in [2.45, 2.75) is 19.9 Å². The van der Waals surface area contributed by atoms with Gasteiger partial charge in [-0.3, -0.25) is 4.79 Å². The van der Waals surface area contributed by atoms with Crippen LogP contribution in [0.15, 0.2) is 18.6 Å². The van der Waals surface area contributed by atoms with E-state index in [1.165, 1.54) is 0 Å². The molecule has 0 amide bonds. The Morgan fingerprint density at radius 1 is 1.60 bits per heavy atom. The molecule has 5 heteroatoms. The van der Waals surface area contributed by atoms with Crippen LogP contribution in [0.2, 0.25) is 0 Å². The van der Waals surface area contributed by atoms with Crippen molar-refractivity contribution in [3.8, 4) is 0 Å². The van der Waals surface area contributed by atoms with Crippen LogP contribution in [0.25, 0.3) is 5.65 Å². The Balaban J connectivity index is 2.65. The van der Waals surface area contributed by atoms with E-state index in [1.54, 1.807) is 23.7 Å². The molecule has 1 unspecified atom stereocenters. The monoisotopic (exact) mass is 204 g/mol. The van der Waals surface area contributed by atoms with Crippen LogP contribution in [0.3, 0.4) is 0 Å². The summed E-state index contributed by atoms with van der Waals surface area (Å²) < 4.78 is 1.78. The van der Waals surface area contributed by atoms with Gasteiger partial charge in [-0.15, -0.1) is 0 Å². The number of nitrogens with zero attached hydrogens (tertiary/aromatic N) is 3. The molecular formula is C10H12N4O. The molecule has 2 heterocycles. The van der Waals surface area contributed by atoms with Crippen molar-refractivity contribution in [3.05, 3.63) is 30.0 Å². The highest BCUT2D eigenvalue weighted by Crippen LogP contribution is 2.09. The molecule has 2 N–H and O–H groups in total. The summed E-state index contributed by atoms with van der Waals surface area (Å²) in [5.74, 6) is -0.189. The summed E-state index contributed by atoms with van der Waals surface area (Å²) in [5.41, 5.74) is 7.29. The number of imidazole rings is 1. The number of rotatable bonds is 2. The largest absolute Gasteiger partial charge is 0.321 e. The van der Waals surface area contributed by atoms with Crippen molar-refractivity contribution in [1.82, 2.24) is 14.4 Å². The number of aryl methyl sites for hydroxylation is 1. The van der Waals surface area contributed by atoms with Crippen molar-refractivity contribution in [3.63, 3.8) is 0 Å². The summed E-state index contributed by atoms with van der Waals surface area (Å²) in [6, 6.07) is -0.555. The van der Waals surface area contributed by atoms with Gasteiger partial charge < -0.3 is 10.1 Å². The predicted molar refractivity (Wildman–Crippen MR) is 55.7 cm³/mol. The van der Waals surface area contributed by atoms with Gasteiger partial charge >= 0.3 is 0 Å². The maximum absolute atomic E-state index is 11.7. The normalized spacial score (nSPS) is 13.0. The van der Waals surface area contributed by atoms with Crippen molar-refractivity contribution in [2.24, 2.45) is 5.73 Å². The van der Waals surface area contributed by atoms with E-state index in [9.17, 15) is 4.79 Å². The SMILES string of the molecule is Cc1cn2ccnc(C(=O)C(C)N)c2n1. The summed E-state index contributed by atoms with van der Waals surface area (Å²) in [7, 11) is 0. The number of hydrogen-bond donors (Lipinski definition) is 1. The van der Waals surface area contributed by atoms with E-state index in [1.807, 2.05) is 13.1 Å². The zero-order valence-corrected chi connectivity index (χ0v) is 8.64. The maximum Gasteiger partial charge on any atom is 0.201 e. The van der Waals surface area contributed by atoms with Crippen LogP contribution in [0.5, 0.6) is 0 Å². The van der Waals surface area contributed by atoms with Gasteiger partial charge in [0, 0.05) is 18.6 Å². The van der Waals surface area contributed by atoms with Gasteiger partial charge in [0.05, 0.1) is 11.7 Å². The zero-order chi connectivity index (χ0) is 11.0. The lowest BCUT2D eigenvalue weighted by atomic mass is 10.2. The molecule has 1 atom stereocenters. The minimum Gasteiger partial charge on any atom is -0.321 e. The quantitative estimate of drug-likeness (QED) is 0.726. The molecule has 2 aromatic rings. The first-order valence-corrected chi connectivity index (χ1v) is 4.69. The van der Waals surface area contributed by atoms with Crippen LogP contribution in [0.4, 0.5) is 0 Å². The van der Waals surface area contributed by atoms with E-state index in [0.717, 1.165) is 5.69 Å². The fourth-order valence-corrected chi connectivity index (χ4v) is 1.43. The number of ketones is 1. The lowest BCUT2D eigenvalue weighted by molar-refractivity contribution is 0.0964. The van der Waals surface area contributed by atoms with E-state index >= 15 is 0 Å². The van der Waals surface area contributed by atoms with E-state index < -0.39 is 6.04 Å². The van der Waals surface area contributed by atoms with Gasteiger partial charge in [-0.1, -0.05) is 0 Å². The molecule has 0 fully saturated rings. The van der Waals surface area contributed by atoms with Gasteiger partial charge in [0.1, 0.15) is 0 Å². The number of carbonyl (C=O) groups is 1. The Kier molecular flexibility index (Phi) is 2.24. The van der Waals surface area contributed by atoms with Gasteiger partial charge in [0.2, 0.25) is 5.78 Å². The molecule has 0 spiro atoms. The molecule has 0 aliphatic rings. The molecule has 0 aliphatic heterocycles. The van der Waals surface area contributed by atoms with E-state index in [4.69, 9.17) is 5.73 Å². The summed E-state index contributed by atoms with van der Waals surface area (Å²) in [6.45, 7) is 3.51. The van der Waals surface area contributed by atoms with Gasteiger partial charge in [-0.2, -0.15) is 0 Å². The van der Waals surface area contributed by atoms with Crippen LogP contribution in [0.1, 0.15) is 23.1 Å². The van der Waals surface area contributed by atoms with Crippen LogP contribution in [-0.2, 0) is 0 Å². The average molecular weight is 204 g/mol. The molecule has 0 saturated carbocycles. The van der Waals surface area contributed by atoms with Crippen molar-refractivity contribution < 1.29 is 4.79 Å². The first-order chi connectivity index (χ1) is 7.09. The fraction of sp³-hybridized carbons (Fsp3) is 0.300. The highest BCUT2D eigenvalue weighted by Gasteiger charge is 2.17. The second-order valence-corrected chi connectivity index (χ2v) is 3.54. The van der Waals surface area contributed by atoms with Crippen molar-refractivity contribution in [2.75, 3.05) is 0 Å². The predicted octanol–water partition coefficient (Wildman–Crippen LogP) is 0.568. The first kappa shape index (κ1) is 9.79. The number of nitrogens with two attached hydrogens (primary N) is 1. The van der Waals surface area contributed by atoms with Crippen LogP contribution in [0, 0.1) is 6.92 Å². The standard InChI is InChI=1S/C10H12N4O/c1-6-5-14-4-3-12-8(10(14)13-6)9(15)7(2)11/h3-5,7H,11H2,1-2H3. The Morgan fingerprint density at radius 3 is 3.00 bits per heavy atom. The van der Waals surface area contributed by atoms with Crippen molar-refractivity contribution >= 4 is 11.4 Å². The van der Waals surface area contributed by atoms with Gasteiger partial charge in [-0.05, 0) is 13.8 Å². The third kappa shape index (κ3) is 1.61. The van der Waals surface area contributed by atoms with E-state index in [0.29, 0.717) is 11.3 Å². The molecule has 0 aromatic carbocycles. The molecule has 2 aromatic heterocycles. The van der Waals surface area contributed by atoms with Crippen molar-refractivity contribution in [1.29, 1.82) is 0 Å². The van der Waals surface area contributed by atoms with E-state index in [-0.39, 0.29) is 5.78 Å². The topological polar surface area (TPSA) is 73.3 Å². The number of Topliss-reactive ketones (excluding diaryl/α,β-unsaturated/α-hetero) is 1. The average Bonchev–Trinajstić information content (AvgIpc) is 2.56. The highest BCUT2D eigenvalue weighted by molar-refractivity contribution is 6.02. The molecule has 5 nitrogen and oxygen atoms in total. The number of aromatic nitrogens is 3. The molecule has 0 saturated heterocycles. The third-order valence-corrected chi connectivity index (χ3v) is 2.14. The molecule has 0 bridgehead atoms. The second kappa shape index (κ2) is 3.43. The highest BCUT2D eigenvalue weighted by atomic mass is 16.1. The summed E-state index contributed by atoms with van der Waals surface area (Å²) in [4.78, 5) is 20.0. The lowest BCUT2D eigenvalue weighted by Crippen LogP contribution is -2.28. The molecule has 2 rings (SSSR count).